The molecule has 2 aromatic carbocycles. The van der Waals surface area contributed by atoms with Crippen molar-refractivity contribution in [1.29, 1.82) is 0 Å². The minimum Gasteiger partial charge on any atom is -0.322 e. The Balaban J connectivity index is 1.80. The lowest BCUT2D eigenvalue weighted by Crippen LogP contribution is -2.20. The van der Waals surface area contributed by atoms with Crippen LogP contribution >= 0.6 is 23.2 Å². The van der Waals surface area contributed by atoms with Gasteiger partial charge in [0.25, 0.3) is 5.91 Å². The Hall–Kier alpha value is -1.62. The molecule has 1 saturated heterocycles. The van der Waals surface area contributed by atoms with E-state index >= 15 is 0 Å². The van der Waals surface area contributed by atoms with E-state index in [9.17, 15) is 9.18 Å². The molecule has 3 rings (SSSR count). The van der Waals surface area contributed by atoms with Crippen molar-refractivity contribution in [3.63, 3.8) is 0 Å². The molecule has 1 fully saturated rings. The molecule has 1 amide bonds. The Bertz CT molecular complexity index is 761. The third kappa shape index (κ3) is 3.89. The molecule has 0 radical (unpaired) electrons. The SMILES string of the molecule is O=C(Nc1ccccc1CN1CCCC1)c1cc(F)c(Cl)cc1Cl. The number of hydrogen-bond donors (Lipinski definition) is 1. The Morgan fingerprint density at radius 3 is 2.58 bits per heavy atom. The van der Waals surface area contributed by atoms with E-state index in [2.05, 4.69) is 10.2 Å². The fourth-order valence-electron chi connectivity index (χ4n) is 2.85. The standard InChI is InChI=1S/C18H17Cl2FN2O/c19-14-10-15(20)16(21)9-13(14)18(24)22-17-6-2-1-5-12(17)11-23-7-3-4-8-23/h1-2,5-6,9-10H,3-4,7-8,11H2,(H,22,24). The van der Waals surface area contributed by atoms with Crippen molar-refractivity contribution in [3.8, 4) is 0 Å². The minimum absolute atomic E-state index is 0.0644. The first-order valence-electron chi connectivity index (χ1n) is 7.81. The average molecular weight is 367 g/mol. The second-order valence-electron chi connectivity index (χ2n) is 5.84. The summed E-state index contributed by atoms with van der Waals surface area (Å²) in [5, 5.41) is 2.84. The van der Waals surface area contributed by atoms with Gasteiger partial charge in [-0.15, -0.1) is 0 Å². The zero-order valence-electron chi connectivity index (χ0n) is 13.0. The largest absolute Gasteiger partial charge is 0.322 e. The van der Waals surface area contributed by atoms with E-state index in [-0.39, 0.29) is 15.6 Å². The normalized spacial score (nSPS) is 14.8. The summed E-state index contributed by atoms with van der Waals surface area (Å²) in [6, 6.07) is 9.91. The maximum atomic E-state index is 13.6. The molecular weight excluding hydrogens is 350 g/mol. The number of anilines is 1. The molecule has 2 aromatic rings. The molecule has 1 aliphatic heterocycles. The van der Waals surface area contributed by atoms with Crippen LogP contribution in [0.2, 0.25) is 10.0 Å². The first-order chi connectivity index (χ1) is 11.5. The third-order valence-corrected chi connectivity index (χ3v) is 4.72. The smallest absolute Gasteiger partial charge is 0.257 e. The molecule has 1 aliphatic rings. The van der Waals surface area contributed by atoms with Gasteiger partial charge < -0.3 is 5.32 Å². The second kappa shape index (κ2) is 7.51. The monoisotopic (exact) mass is 366 g/mol. The highest BCUT2D eigenvalue weighted by molar-refractivity contribution is 6.37. The van der Waals surface area contributed by atoms with Gasteiger partial charge in [0.05, 0.1) is 15.6 Å². The summed E-state index contributed by atoms with van der Waals surface area (Å²) in [5.41, 5.74) is 1.80. The highest BCUT2D eigenvalue weighted by atomic mass is 35.5. The van der Waals surface area contributed by atoms with E-state index in [1.807, 2.05) is 24.3 Å². The van der Waals surface area contributed by atoms with Gasteiger partial charge in [0.2, 0.25) is 0 Å². The summed E-state index contributed by atoms with van der Waals surface area (Å²) in [4.78, 5) is 14.8. The molecule has 1 N–H and O–H groups in total. The van der Waals surface area contributed by atoms with Gasteiger partial charge in [0.15, 0.2) is 0 Å². The zero-order chi connectivity index (χ0) is 17.1. The van der Waals surface area contributed by atoms with Gasteiger partial charge in [0.1, 0.15) is 5.82 Å². The highest BCUT2D eigenvalue weighted by Gasteiger charge is 2.17. The third-order valence-electron chi connectivity index (χ3n) is 4.11. The number of carbonyl (C=O) groups excluding carboxylic acids is 1. The predicted molar refractivity (Wildman–Crippen MR) is 95.3 cm³/mol. The molecular formula is C18H17Cl2FN2O. The lowest BCUT2D eigenvalue weighted by Gasteiger charge is -2.18. The number of nitrogens with zero attached hydrogens (tertiary/aromatic N) is 1. The quantitative estimate of drug-likeness (QED) is 0.773. The first-order valence-corrected chi connectivity index (χ1v) is 8.56. The summed E-state index contributed by atoms with van der Waals surface area (Å²) in [7, 11) is 0. The molecule has 3 nitrogen and oxygen atoms in total. The molecule has 0 aliphatic carbocycles. The van der Waals surface area contributed by atoms with E-state index in [1.54, 1.807) is 0 Å². The van der Waals surface area contributed by atoms with Gasteiger partial charge in [0, 0.05) is 12.2 Å². The number of likely N-dealkylation sites (tertiary alicyclic amines) is 1. The van der Waals surface area contributed by atoms with Crippen molar-refractivity contribution in [2.24, 2.45) is 0 Å². The summed E-state index contributed by atoms with van der Waals surface area (Å²) in [5.74, 6) is -1.12. The van der Waals surface area contributed by atoms with E-state index in [1.165, 1.54) is 18.9 Å². The highest BCUT2D eigenvalue weighted by Crippen LogP contribution is 2.26. The molecule has 24 heavy (non-hydrogen) atoms. The van der Waals surface area contributed by atoms with E-state index < -0.39 is 11.7 Å². The lowest BCUT2D eigenvalue weighted by molar-refractivity contribution is 0.102. The number of amides is 1. The van der Waals surface area contributed by atoms with Crippen molar-refractivity contribution in [2.45, 2.75) is 19.4 Å². The van der Waals surface area contributed by atoms with Crippen LogP contribution in [-0.4, -0.2) is 23.9 Å². The minimum atomic E-state index is -0.670. The Morgan fingerprint density at radius 2 is 1.83 bits per heavy atom. The van der Waals surface area contributed by atoms with Crippen LogP contribution in [0.1, 0.15) is 28.8 Å². The molecule has 0 spiro atoms. The van der Waals surface area contributed by atoms with Crippen LogP contribution in [0, 0.1) is 5.82 Å². The average Bonchev–Trinajstić information content (AvgIpc) is 3.05. The van der Waals surface area contributed by atoms with Crippen LogP contribution in [0.15, 0.2) is 36.4 Å². The van der Waals surface area contributed by atoms with Crippen LogP contribution in [0.4, 0.5) is 10.1 Å². The summed E-state index contributed by atoms with van der Waals surface area (Å²) in [6.45, 7) is 2.91. The fraction of sp³-hybridized carbons (Fsp3) is 0.278. The Kier molecular flexibility index (Phi) is 5.39. The second-order valence-corrected chi connectivity index (χ2v) is 6.66. The van der Waals surface area contributed by atoms with Crippen LogP contribution in [0.25, 0.3) is 0 Å². The summed E-state index contributed by atoms with van der Waals surface area (Å²) >= 11 is 11.7. The number of hydrogen-bond acceptors (Lipinski definition) is 2. The topological polar surface area (TPSA) is 32.3 Å². The zero-order valence-corrected chi connectivity index (χ0v) is 14.5. The molecule has 0 aromatic heterocycles. The number of nitrogens with one attached hydrogen (secondary N) is 1. The number of halogens is 3. The maximum absolute atomic E-state index is 13.6. The van der Waals surface area contributed by atoms with Gasteiger partial charge in [-0.05, 0) is 49.7 Å². The molecule has 0 atom stereocenters. The molecule has 0 saturated carbocycles. The summed E-state index contributed by atoms with van der Waals surface area (Å²) < 4.78 is 13.6. The number of para-hydroxylation sites is 1. The summed E-state index contributed by atoms with van der Waals surface area (Å²) in [6.07, 6.45) is 2.41. The Morgan fingerprint density at radius 1 is 1.12 bits per heavy atom. The van der Waals surface area contributed by atoms with Gasteiger partial charge in [-0.2, -0.15) is 0 Å². The van der Waals surface area contributed by atoms with Crippen LogP contribution < -0.4 is 5.32 Å². The van der Waals surface area contributed by atoms with Crippen molar-refractivity contribution in [1.82, 2.24) is 4.90 Å². The molecule has 0 bridgehead atoms. The Labute approximate surface area is 150 Å². The molecule has 1 heterocycles. The van der Waals surface area contributed by atoms with E-state index in [0.717, 1.165) is 31.3 Å². The van der Waals surface area contributed by atoms with Crippen LogP contribution in [0.5, 0.6) is 0 Å². The maximum Gasteiger partial charge on any atom is 0.257 e. The van der Waals surface area contributed by atoms with Gasteiger partial charge in [-0.25, -0.2) is 4.39 Å². The fourth-order valence-corrected chi connectivity index (χ4v) is 3.32. The van der Waals surface area contributed by atoms with Crippen molar-refractivity contribution in [3.05, 3.63) is 63.4 Å². The first kappa shape index (κ1) is 17.2. The molecule has 6 heteroatoms. The van der Waals surface area contributed by atoms with Crippen molar-refractivity contribution >= 4 is 34.8 Å². The molecule has 126 valence electrons. The lowest BCUT2D eigenvalue weighted by atomic mass is 10.1. The van der Waals surface area contributed by atoms with E-state index in [4.69, 9.17) is 23.2 Å². The van der Waals surface area contributed by atoms with Gasteiger partial charge in [-0.1, -0.05) is 41.4 Å². The number of benzene rings is 2. The predicted octanol–water partition coefficient (Wildman–Crippen LogP) is 4.98. The number of carbonyl (C=O) groups is 1. The van der Waals surface area contributed by atoms with Gasteiger partial charge >= 0.3 is 0 Å². The van der Waals surface area contributed by atoms with Crippen LogP contribution in [0.3, 0.4) is 0 Å². The molecule has 0 unspecified atom stereocenters. The van der Waals surface area contributed by atoms with Gasteiger partial charge in [-0.3, -0.25) is 9.69 Å². The van der Waals surface area contributed by atoms with Crippen LogP contribution in [-0.2, 0) is 6.54 Å². The van der Waals surface area contributed by atoms with E-state index in [0.29, 0.717) is 5.69 Å². The van der Waals surface area contributed by atoms with Crippen molar-refractivity contribution < 1.29 is 9.18 Å². The van der Waals surface area contributed by atoms with Crippen molar-refractivity contribution in [2.75, 3.05) is 18.4 Å². The number of rotatable bonds is 4.